The van der Waals surface area contributed by atoms with Crippen molar-refractivity contribution in [1.29, 1.82) is 0 Å². The molecule has 0 aliphatic carbocycles. The largest absolute Gasteiger partial charge is 0.305 e. The molecule has 0 saturated heterocycles. The quantitative estimate of drug-likeness (QED) is 0.909. The first-order valence-corrected chi connectivity index (χ1v) is 6.79. The van der Waals surface area contributed by atoms with Crippen LogP contribution in [0, 0.1) is 19.7 Å². The van der Waals surface area contributed by atoms with E-state index >= 15 is 0 Å². The van der Waals surface area contributed by atoms with Gasteiger partial charge in [-0.1, -0.05) is 12.1 Å². The van der Waals surface area contributed by atoms with Gasteiger partial charge in [-0.2, -0.15) is 0 Å². The Morgan fingerprint density at radius 1 is 1.28 bits per heavy atom. The van der Waals surface area contributed by atoms with Gasteiger partial charge in [-0.05, 0) is 38.5 Å². The maximum atomic E-state index is 12.8. The predicted octanol–water partition coefficient (Wildman–Crippen LogP) is 3.75. The van der Waals surface area contributed by atoms with E-state index in [1.807, 2.05) is 13.8 Å². The zero-order valence-electron chi connectivity index (χ0n) is 10.8. The second-order valence-electron chi connectivity index (χ2n) is 4.41. The van der Waals surface area contributed by atoms with Crippen LogP contribution in [0.15, 0.2) is 24.3 Å². The summed E-state index contributed by atoms with van der Waals surface area (Å²) in [7, 11) is 0. The van der Waals surface area contributed by atoms with Gasteiger partial charge in [0.05, 0.1) is 10.7 Å². The van der Waals surface area contributed by atoms with E-state index in [2.05, 4.69) is 17.2 Å². The van der Waals surface area contributed by atoms with Crippen LogP contribution in [0.4, 0.5) is 4.39 Å². The monoisotopic (exact) mass is 264 g/mol. The van der Waals surface area contributed by atoms with Crippen LogP contribution in [0.5, 0.6) is 0 Å². The fourth-order valence-electron chi connectivity index (χ4n) is 1.91. The summed E-state index contributed by atoms with van der Waals surface area (Å²) in [5.41, 5.74) is 2.18. The highest BCUT2D eigenvalue weighted by Gasteiger charge is 2.12. The second-order valence-corrected chi connectivity index (χ2v) is 5.65. The maximum absolute atomic E-state index is 12.8. The van der Waals surface area contributed by atoms with Gasteiger partial charge in [-0.3, -0.25) is 0 Å². The number of nitrogens with zero attached hydrogens (tertiary/aromatic N) is 1. The van der Waals surface area contributed by atoms with E-state index in [0.717, 1.165) is 22.8 Å². The van der Waals surface area contributed by atoms with Crippen LogP contribution in [-0.2, 0) is 6.54 Å². The van der Waals surface area contributed by atoms with Crippen molar-refractivity contribution >= 4 is 11.3 Å². The number of aryl methyl sites for hydroxylation is 2. The van der Waals surface area contributed by atoms with Gasteiger partial charge in [0.2, 0.25) is 0 Å². The van der Waals surface area contributed by atoms with Crippen molar-refractivity contribution in [3.05, 3.63) is 51.2 Å². The lowest BCUT2D eigenvalue weighted by Gasteiger charge is -2.12. The van der Waals surface area contributed by atoms with Crippen molar-refractivity contribution in [2.75, 3.05) is 0 Å². The normalized spacial score (nSPS) is 12.7. The first-order valence-electron chi connectivity index (χ1n) is 5.98. The van der Waals surface area contributed by atoms with Crippen LogP contribution in [0.2, 0.25) is 0 Å². The maximum Gasteiger partial charge on any atom is 0.123 e. The molecule has 1 unspecified atom stereocenters. The van der Waals surface area contributed by atoms with E-state index < -0.39 is 0 Å². The first-order chi connectivity index (χ1) is 8.56. The lowest BCUT2D eigenvalue weighted by atomic mass is 10.2. The van der Waals surface area contributed by atoms with E-state index in [9.17, 15) is 4.39 Å². The summed E-state index contributed by atoms with van der Waals surface area (Å²) in [5, 5.41) is 4.53. The molecule has 0 aliphatic heterocycles. The Balaban J connectivity index is 1.98. The summed E-state index contributed by atoms with van der Waals surface area (Å²) in [6, 6.07) is 6.86. The fraction of sp³-hybridized carbons (Fsp3) is 0.357. The van der Waals surface area contributed by atoms with Gasteiger partial charge in [-0.25, -0.2) is 9.37 Å². The molecule has 0 saturated carbocycles. The fourth-order valence-corrected chi connectivity index (χ4v) is 2.87. The van der Waals surface area contributed by atoms with Crippen molar-refractivity contribution < 1.29 is 4.39 Å². The first kappa shape index (κ1) is 13.2. The number of aromatic nitrogens is 1. The predicted molar refractivity (Wildman–Crippen MR) is 73.2 cm³/mol. The molecule has 0 bridgehead atoms. The highest BCUT2D eigenvalue weighted by atomic mass is 32.1. The van der Waals surface area contributed by atoms with Crippen LogP contribution in [0.3, 0.4) is 0 Å². The zero-order valence-corrected chi connectivity index (χ0v) is 11.6. The lowest BCUT2D eigenvalue weighted by Crippen LogP contribution is -2.17. The van der Waals surface area contributed by atoms with Gasteiger partial charge in [0.1, 0.15) is 5.82 Å². The van der Waals surface area contributed by atoms with Gasteiger partial charge >= 0.3 is 0 Å². The van der Waals surface area contributed by atoms with Crippen LogP contribution in [0.25, 0.3) is 0 Å². The second kappa shape index (κ2) is 5.59. The molecule has 0 radical (unpaired) electrons. The summed E-state index contributed by atoms with van der Waals surface area (Å²) in [5.74, 6) is -0.194. The Labute approximate surface area is 111 Å². The average molecular weight is 264 g/mol. The van der Waals surface area contributed by atoms with Gasteiger partial charge in [0, 0.05) is 17.5 Å². The molecule has 4 heteroatoms. The standard InChI is InChI=1S/C14H17FN2S/c1-9(14-10(2)17-11(3)18-14)16-8-12-4-6-13(15)7-5-12/h4-7,9,16H,8H2,1-3H3. The molecule has 1 aromatic carbocycles. The summed E-state index contributed by atoms with van der Waals surface area (Å²) in [6.07, 6.45) is 0. The van der Waals surface area contributed by atoms with E-state index in [0.29, 0.717) is 0 Å². The van der Waals surface area contributed by atoms with Gasteiger partial charge in [-0.15, -0.1) is 11.3 Å². The van der Waals surface area contributed by atoms with Crippen LogP contribution in [-0.4, -0.2) is 4.98 Å². The molecule has 2 nitrogen and oxygen atoms in total. The molecule has 0 fully saturated rings. The number of hydrogen-bond donors (Lipinski definition) is 1. The number of hydrogen-bond acceptors (Lipinski definition) is 3. The minimum Gasteiger partial charge on any atom is -0.305 e. The van der Waals surface area contributed by atoms with Gasteiger partial charge in [0.25, 0.3) is 0 Å². The molecule has 1 N–H and O–H groups in total. The molecule has 0 amide bonds. The third kappa shape index (κ3) is 3.15. The molecule has 0 aliphatic rings. The SMILES string of the molecule is Cc1nc(C)c(C(C)NCc2ccc(F)cc2)s1. The third-order valence-corrected chi connectivity index (χ3v) is 4.11. The van der Waals surface area contributed by atoms with Crippen molar-refractivity contribution in [3.63, 3.8) is 0 Å². The minimum absolute atomic E-state index is 0.194. The molecule has 1 atom stereocenters. The molecule has 18 heavy (non-hydrogen) atoms. The van der Waals surface area contributed by atoms with Crippen molar-refractivity contribution in [1.82, 2.24) is 10.3 Å². The molecular formula is C14H17FN2S. The molecule has 2 aromatic rings. The van der Waals surface area contributed by atoms with Crippen molar-refractivity contribution in [3.8, 4) is 0 Å². The number of rotatable bonds is 4. The Morgan fingerprint density at radius 2 is 1.94 bits per heavy atom. The van der Waals surface area contributed by atoms with Crippen molar-refractivity contribution in [2.24, 2.45) is 0 Å². The molecule has 1 heterocycles. The minimum atomic E-state index is -0.194. The number of halogens is 1. The number of nitrogens with one attached hydrogen (secondary N) is 1. The van der Waals surface area contributed by atoms with Crippen molar-refractivity contribution in [2.45, 2.75) is 33.4 Å². The van der Waals surface area contributed by atoms with Gasteiger partial charge in [0.15, 0.2) is 0 Å². The summed E-state index contributed by atoms with van der Waals surface area (Å²) >= 11 is 1.73. The Morgan fingerprint density at radius 3 is 2.50 bits per heavy atom. The Bertz CT molecular complexity index is 519. The Kier molecular flexibility index (Phi) is 4.09. The van der Waals surface area contributed by atoms with Crippen LogP contribution in [0.1, 0.15) is 34.1 Å². The van der Waals surface area contributed by atoms with E-state index in [1.165, 1.54) is 17.0 Å². The summed E-state index contributed by atoms with van der Waals surface area (Å²) in [6.45, 7) is 6.92. The average Bonchev–Trinajstić information content (AvgIpc) is 2.67. The zero-order chi connectivity index (χ0) is 13.1. The van der Waals surface area contributed by atoms with Crippen LogP contribution >= 0.6 is 11.3 Å². The third-order valence-electron chi connectivity index (χ3n) is 2.86. The van der Waals surface area contributed by atoms with E-state index in [4.69, 9.17) is 0 Å². The lowest BCUT2D eigenvalue weighted by molar-refractivity contribution is 0.577. The van der Waals surface area contributed by atoms with Crippen LogP contribution < -0.4 is 5.32 Å². The summed E-state index contributed by atoms with van der Waals surface area (Å²) in [4.78, 5) is 5.70. The number of thiazole rings is 1. The smallest absolute Gasteiger partial charge is 0.123 e. The highest BCUT2D eigenvalue weighted by Crippen LogP contribution is 2.24. The van der Waals surface area contributed by atoms with E-state index in [-0.39, 0.29) is 11.9 Å². The molecule has 96 valence electrons. The topological polar surface area (TPSA) is 24.9 Å². The molecule has 0 spiro atoms. The highest BCUT2D eigenvalue weighted by molar-refractivity contribution is 7.11. The Hall–Kier alpha value is -1.26. The molecular weight excluding hydrogens is 247 g/mol. The van der Waals surface area contributed by atoms with E-state index in [1.54, 1.807) is 23.5 Å². The summed E-state index contributed by atoms with van der Waals surface area (Å²) < 4.78 is 12.8. The molecule has 1 aromatic heterocycles. The molecule has 2 rings (SSSR count). The number of benzene rings is 1. The van der Waals surface area contributed by atoms with Gasteiger partial charge < -0.3 is 5.32 Å².